The molecule has 0 aliphatic carbocycles. The summed E-state index contributed by atoms with van der Waals surface area (Å²) >= 11 is 0. The minimum atomic E-state index is 1.14. The van der Waals surface area contributed by atoms with Gasteiger partial charge in [0.2, 0.25) is 0 Å². The van der Waals surface area contributed by atoms with E-state index in [1.807, 2.05) is 0 Å². The Balaban J connectivity index is 3.04. The van der Waals surface area contributed by atoms with Crippen molar-refractivity contribution in [3.8, 4) is 0 Å². The van der Waals surface area contributed by atoms with Crippen LogP contribution in [0.3, 0.4) is 0 Å². The smallest absolute Gasteiger partial charge is 0.0951 e. The van der Waals surface area contributed by atoms with Gasteiger partial charge in [0.05, 0.1) is 0 Å². The third kappa shape index (κ3) is 1.44. The first-order valence-corrected chi connectivity index (χ1v) is 3.80. The van der Waals surface area contributed by atoms with Crippen LogP contribution in [0.1, 0.15) is 12.5 Å². The van der Waals surface area contributed by atoms with Gasteiger partial charge in [0.1, 0.15) is 15.7 Å². The highest BCUT2D eigenvalue weighted by atomic mass is 13.9. The van der Waals surface area contributed by atoms with Gasteiger partial charge in [-0.2, -0.15) is 0 Å². The third-order valence-electron chi connectivity index (χ3n) is 1.98. The normalized spacial score (nSPS) is 9.70. The molecule has 10 heavy (non-hydrogen) atoms. The zero-order valence-corrected chi connectivity index (χ0v) is 6.94. The van der Waals surface area contributed by atoms with Gasteiger partial charge in [-0.05, 0) is 12.0 Å². The Morgan fingerprint density at radius 1 is 1.20 bits per heavy atom. The first-order chi connectivity index (χ1) is 4.74. The Labute approximate surface area is 64.5 Å². The molecule has 0 radical (unpaired) electrons. The van der Waals surface area contributed by atoms with Crippen molar-refractivity contribution in [1.82, 2.24) is 0 Å². The van der Waals surface area contributed by atoms with E-state index in [9.17, 15) is 0 Å². The maximum Gasteiger partial charge on any atom is 0.138 e. The fourth-order valence-electron chi connectivity index (χ4n) is 1.02. The lowest BCUT2D eigenvalue weighted by atomic mass is 9.80. The van der Waals surface area contributed by atoms with Gasteiger partial charge in [0.25, 0.3) is 0 Å². The molecular formula is C8H12B2. The van der Waals surface area contributed by atoms with Crippen LogP contribution in [-0.2, 0) is 6.42 Å². The Bertz CT molecular complexity index is 231. The van der Waals surface area contributed by atoms with Crippen molar-refractivity contribution in [2.75, 3.05) is 0 Å². The molecule has 0 nitrogen and oxygen atoms in total. The Hall–Kier alpha value is -0.650. The number of benzene rings is 1. The number of aryl methyl sites for hydroxylation is 1. The van der Waals surface area contributed by atoms with Crippen molar-refractivity contribution in [3.63, 3.8) is 0 Å². The van der Waals surface area contributed by atoms with E-state index >= 15 is 0 Å². The summed E-state index contributed by atoms with van der Waals surface area (Å²) in [7, 11) is 4.31. The van der Waals surface area contributed by atoms with Gasteiger partial charge < -0.3 is 0 Å². The van der Waals surface area contributed by atoms with Crippen LogP contribution in [0.5, 0.6) is 0 Å². The largest absolute Gasteiger partial charge is 0.138 e. The minimum absolute atomic E-state index is 1.14. The zero-order valence-electron chi connectivity index (χ0n) is 6.94. The van der Waals surface area contributed by atoms with Crippen LogP contribution < -0.4 is 10.9 Å². The molecule has 1 aromatic rings. The van der Waals surface area contributed by atoms with Crippen molar-refractivity contribution >= 4 is 26.6 Å². The standard InChI is InChI=1S/C8H12B2/c1-2-6-3-4-7(9)8(10)5-6/h3-5H,2,9-10H2,1H3. The van der Waals surface area contributed by atoms with E-state index in [2.05, 4.69) is 40.8 Å². The molecule has 0 atom stereocenters. The predicted octanol–water partition coefficient (Wildman–Crippen LogP) is -1.23. The van der Waals surface area contributed by atoms with Crippen LogP contribution in [0.15, 0.2) is 18.2 Å². The molecule has 0 aliphatic heterocycles. The molecule has 0 fully saturated rings. The lowest BCUT2D eigenvalue weighted by molar-refractivity contribution is 1.15. The molecule has 50 valence electrons. The van der Waals surface area contributed by atoms with E-state index in [-0.39, 0.29) is 0 Å². The highest BCUT2D eigenvalue weighted by Gasteiger charge is 1.92. The van der Waals surface area contributed by atoms with E-state index in [4.69, 9.17) is 0 Å². The van der Waals surface area contributed by atoms with Crippen molar-refractivity contribution < 1.29 is 0 Å². The molecular weight excluding hydrogens is 118 g/mol. The SMILES string of the molecule is Bc1ccc(CC)cc1B. The van der Waals surface area contributed by atoms with Gasteiger partial charge in [0, 0.05) is 0 Å². The lowest BCUT2D eigenvalue weighted by Gasteiger charge is -2.01. The maximum atomic E-state index is 2.26. The van der Waals surface area contributed by atoms with Crippen LogP contribution in [-0.4, -0.2) is 15.7 Å². The van der Waals surface area contributed by atoms with Gasteiger partial charge in [0.15, 0.2) is 0 Å². The summed E-state index contributed by atoms with van der Waals surface area (Å²) in [5.41, 5.74) is 4.22. The van der Waals surface area contributed by atoms with E-state index in [1.165, 1.54) is 16.5 Å². The first kappa shape index (κ1) is 7.46. The summed E-state index contributed by atoms with van der Waals surface area (Å²) in [5.74, 6) is 0. The van der Waals surface area contributed by atoms with Crippen molar-refractivity contribution in [1.29, 1.82) is 0 Å². The molecule has 1 aromatic carbocycles. The second-order valence-corrected chi connectivity index (χ2v) is 2.77. The topological polar surface area (TPSA) is 0 Å². The second-order valence-electron chi connectivity index (χ2n) is 2.77. The molecule has 0 heterocycles. The van der Waals surface area contributed by atoms with Gasteiger partial charge in [-0.15, -0.1) is 0 Å². The minimum Gasteiger partial charge on any atom is -0.0951 e. The number of hydrogen-bond donors (Lipinski definition) is 0. The fraction of sp³-hybridized carbons (Fsp3) is 0.250. The molecule has 0 N–H and O–H groups in total. The lowest BCUT2D eigenvalue weighted by Crippen LogP contribution is -2.25. The second kappa shape index (κ2) is 2.96. The molecule has 0 saturated carbocycles. The molecule has 1 rings (SSSR count). The van der Waals surface area contributed by atoms with Gasteiger partial charge >= 0.3 is 0 Å². The van der Waals surface area contributed by atoms with Crippen LogP contribution in [0.4, 0.5) is 0 Å². The fourth-order valence-corrected chi connectivity index (χ4v) is 1.02. The van der Waals surface area contributed by atoms with E-state index in [1.54, 1.807) is 0 Å². The summed E-state index contributed by atoms with van der Waals surface area (Å²) in [4.78, 5) is 0. The van der Waals surface area contributed by atoms with E-state index in [0.29, 0.717) is 0 Å². The van der Waals surface area contributed by atoms with Crippen LogP contribution in [0.2, 0.25) is 0 Å². The monoisotopic (exact) mass is 130 g/mol. The Morgan fingerprint density at radius 2 is 1.90 bits per heavy atom. The highest BCUT2D eigenvalue weighted by Crippen LogP contribution is 1.93. The molecule has 0 aromatic heterocycles. The van der Waals surface area contributed by atoms with Crippen LogP contribution in [0.25, 0.3) is 0 Å². The summed E-state index contributed by atoms with van der Waals surface area (Å²) in [5, 5.41) is 0. The van der Waals surface area contributed by atoms with Gasteiger partial charge in [-0.1, -0.05) is 36.0 Å². The molecule has 0 bridgehead atoms. The summed E-state index contributed by atoms with van der Waals surface area (Å²) in [6.07, 6.45) is 1.14. The summed E-state index contributed by atoms with van der Waals surface area (Å²) < 4.78 is 0. The van der Waals surface area contributed by atoms with Crippen molar-refractivity contribution in [2.24, 2.45) is 0 Å². The van der Waals surface area contributed by atoms with E-state index in [0.717, 1.165) is 6.42 Å². The van der Waals surface area contributed by atoms with Crippen LogP contribution in [0, 0.1) is 0 Å². The summed E-state index contributed by atoms with van der Waals surface area (Å²) in [6, 6.07) is 6.64. The molecule has 0 saturated heterocycles. The Kier molecular flexibility index (Phi) is 2.21. The zero-order chi connectivity index (χ0) is 7.56. The Morgan fingerprint density at radius 3 is 2.40 bits per heavy atom. The molecule has 0 amide bonds. The quantitative estimate of drug-likeness (QED) is 0.417. The molecule has 0 unspecified atom stereocenters. The van der Waals surface area contributed by atoms with Crippen LogP contribution >= 0.6 is 0 Å². The van der Waals surface area contributed by atoms with Gasteiger partial charge in [-0.25, -0.2) is 0 Å². The summed E-state index contributed by atoms with van der Waals surface area (Å²) in [6.45, 7) is 2.18. The van der Waals surface area contributed by atoms with Crippen molar-refractivity contribution in [3.05, 3.63) is 23.8 Å². The first-order valence-electron chi connectivity index (χ1n) is 3.80. The molecule has 0 spiro atoms. The van der Waals surface area contributed by atoms with Crippen molar-refractivity contribution in [2.45, 2.75) is 13.3 Å². The predicted molar refractivity (Wildman–Crippen MR) is 52.2 cm³/mol. The molecule has 2 heteroatoms. The average Bonchev–Trinajstić information content (AvgIpc) is 1.95. The van der Waals surface area contributed by atoms with E-state index < -0.39 is 0 Å². The average molecular weight is 130 g/mol. The maximum absolute atomic E-state index is 2.26. The highest BCUT2D eigenvalue weighted by molar-refractivity contribution is 6.48. The number of rotatable bonds is 1. The third-order valence-corrected chi connectivity index (χ3v) is 1.98. The number of hydrogen-bond acceptors (Lipinski definition) is 0. The molecule has 0 aliphatic rings. The van der Waals surface area contributed by atoms with Gasteiger partial charge in [-0.3, -0.25) is 0 Å².